The Morgan fingerprint density at radius 3 is 2.32 bits per heavy atom. The minimum atomic E-state index is -0.194. The summed E-state index contributed by atoms with van der Waals surface area (Å²) in [6.45, 7) is 0.455. The molecule has 1 N–H and O–H groups in total. The number of rotatable bonds is 5. The highest BCUT2D eigenvalue weighted by Gasteiger charge is 2.22. The van der Waals surface area contributed by atoms with E-state index < -0.39 is 0 Å². The summed E-state index contributed by atoms with van der Waals surface area (Å²) in [6, 6.07) is 25.2. The van der Waals surface area contributed by atoms with Gasteiger partial charge in [-0.15, -0.1) is 0 Å². The topological polar surface area (TPSA) is 45.6 Å². The summed E-state index contributed by atoms with van der Waals surface area (Å²) in [4.78, 5) is 13.0. The number of aromatic nitrogens is 2. The molecular formula is C24H21N2O2+. The molecule has 4 heteroatoms. The SMILES string of the molecule is O=c1c(Cc2ccccc2)c(O)[n+](C/C=C/c2ccccc2)c2ccccn12. The van der Waals surface area contributed by atoms with E-state index in [1.807, 2.05) is 91.0 Å². The molecule has 0 unspecified atom stereocenters. The lowest BCUT2D eigenvalue weighted by Crippen LogP contribution is -2.41. The van der Waals surface area contributed by atoms with E-state index in [2.05, 4.69) is 0 Å². The highest BCUT2D eigenvalue weighted by atomic mass is 16.3. The van der Waals surface area contributed by atoms with Crippen molar-refractivity contribution in [3.05, 3.63) is 118 Å². The van der Waals surface area contributed by atoms with Crippen LogP contribution in [-0.2, 0) is 13.0 Å². The normalized spacial score (nSPS) is 11.3. The fourth-order valence-corrected chi connectivity index (χ4v) is 3.33. The summed E-state index contributed by atoms with van der Waals surface area (Å²) in [7, 11) is 0. The molecule has 0 atom stereocenters. The first-order valence-electron chi connectivity index (χ1n) is 9.24. The summed E-state index contributed by atoms with van der Waals surface area (Å²) in [6.07, 6.45) is 6.11. The van der Waals surface area contributed by atoms with Gasteiger partial charge in [-0.2, -0.15) is 8.97 Å². The van der Waals surface area contributed by atoms with Crippen LogP contribution in [0.4, 0.5) is 0 Å². The second kappa shape index (κ2) is 7.92. The molecule has 0 amide bonds. The van der Waals surface area contributed by atoms with Gasteiger partial charge in [0.1, 0.15) is 12.1 Å². The zero-order chi connectivity index (χ0) is 19.3. The van der Waals surface area contributed by atoms with Crippen molar-refractivity contribution in [1.82, 2.24) is 4.40 Å². The van der Waals surface area contributed by atoms with Crippen LogP contribution in [-0.4, -0.2) is 9.51 Å². The molecule has 28 heavy (non-hydrogen) atoms. The molecule has 4 aromatic rings. The lowest BCUT2D eigenvalue weighted by Gasteiger charge is -2.08. The van der Waals surface area contributed by atoms with Crippen LogP contribution >= 0.6 is 0 Å². The summed E-state index contributed by atoms with van der Waals surface area (Å²) in [5.74, 6) is 0.0118. The first-order chi connectivity index (χ1) is 13.7. The van der Waals surface area contributed by atoms with Gasteiger partial charge in [0.2, 0.25) is 0 Å². The van der Waals surface area contributed by atoms with Crippen molar-refractivity contribution in [2.24, 2.45) is 0 Å². The number of hydrogen-bond donors (Lipinski definition) is 1. The molecule has 0 spiro atoms. The molecule has 0 radical (unpaired) electrons. The lowest BCUT2D eigenvalue weighted by molar-refractivity contribution is -0.671. The van der Waals surface area contributed by atoms with Crippen molar-refractivity contribution in [2.75, 3.05) is 0 Å². The van der Waals surface area contributed by atoms with Crippen LogP contribution in [0.25, 0.3) is 11.7 Å². The summed E-state index contributed by atoms with van der Waals surface area (Å²) in [5.41, 5.74) is 2.92. The molecule has 4 nitrogen and oxygen atoms in total. The Hall–Kier alpha value is -3.66. The van der Waals surface area contributed by atoms with Crippen LogP contribution in [0.3, 0.4) is 0 Å². The van der Waals surface area contributed by atoms with Gasteiger partial charge in [0, 0.05) is 12.5 Å². The number of benzene rings is 2. The molecular weight excluding hydrogens is 348 g/mol. The molecule has 2 aromatic heterocycles. The number of fused-ring (bicyclic) bond motifs is 1. The fourth-order valence-electron chi connectivity index (χ4n) is 3.33. The molecule has 0 aliphatic heterocycles. The third-order valence-corrected chi connectivity index (χ3v) is 4.74. The van der Waals surface area contributed by atoms with E-state index in [0.29, 0.717) is 24.2 Å². The molecule has 0 bridgehead atoms. The average Bonchev–Trinajstić information content (AvgIpc) is 2.75. The highest BCUT2D eigenvalue weighted by Crippen LogP contribution is 2.15. The molecule has 0 aliphatic carbocycles. The lowest BCUT2D eigenvalue weighted by atomic mass is 10.1. The maximum atomic E-state index is 13.0. The molecule has 0 fully saturated rings. The van der Waals surface area contributed by atoms with E-state index >= 15 is 0 Å². The van der Waals surface area contributed by atoms with Crippen LogP contribution in [0, 0.1) is 0 Å². The third-order valence-electron chi connectivity index (χ3n) is 4.74. The molecule has 4 rings (SSSR count). The van der Waals surface area contributed by atoms with Crippen LogP contribution < -0.4 is 10.1 Å². The monoisotopic (exact) mass is 369 g/mol. The number of aromatic hydroxyl groups is 1. The van der Waals surface area contributed by atoms with Gasteiger partial charge in [-0.05, 0) is 23.3 Å². The van der Waals surface area contributed by atoms with Crippen molar-refractivity contribution in [2.45, 2.75) is 13.0 Å². The van der Waals surface area contributed by atoms with Crippen molar-refractivity contribution in [1.29, 1.82) is 0 Å². The van der Waals surface area contributed by atoms with E-state index in [0.717, 1.165) is 11.1 Å². The van der Waals surface area contributed by atoms with Gasteiger partial charge >= 0.3 is 5.56 Å². The second-order valence-electron chi connectivity index (χ2n) is 6.62. The van der Waals surface area contributed by atoms with Crippen molar-refractivity contribution >= 4 is 11.7 Å². The summed E-state index contributed by atoms with van der Waals surface area (Å²) in [5, 5.41) is 10.9. The van der Waals surface area contributed by atoms with Crippen LogP contribution in [0.15, 0.2) is 95.9 Å². The van der Waals surface area contributed by atoms with Crippen molar-refractivity contribution < 1.29 is 9.67 Å². The smallest absolute Gasteiger partial charge is 0.349 e. The van der Waals surface area contributed by atoms with E-state index in [4.69, 9.17) is 0 Å². The Balaban J connectivity index is 1.78. The van der Waals surface area contributed by atoms with Crippen LogP contribution in [0.5, 0.6) is 5.88 Å². The molecule has 138 valence electrons. The zero-order valence-electron chi connectivity index (χ0n) is 15.4. The minimum absolute atomic E-state index is 0.0118. The quantitative estimate of drug-likeness (QED) is 0.547. The predicted molar refractivity (Wildman–Crippen MR) is 110 cm³/mol. The van der Waals surface area contributed by atoms with Gasteiger partial charge in [0.15, 0.2) is 0 Å². The van der Waals surface area contributed by atoms with Gasteiger partial charge in [-0.3, -0.25) is 0 Å². The molecule has 0 saturated heterocycles. The maximum Gasteiger partial charge on any atom is 0.349 e. The number of nitrogens with zero attached hydrogens (tertiary/aromatic N) is 2. The maximum absolute atomic E-state index is 13.0. The van der Waals surface area contributed by atoms with Crippen LogP contribution in [0.1, 0.15) is 16.7 Å². The standard InChI is InChI=1S/C24H20N2O2/c27-23-21(18-20-12-5-2-6-13-20)24(28)26(22-15-7-8-16-25(22)23)17-9-14-19-10-3-1-4-11-19/h1-16H,17-18H2/p+1/b14-9+. The number of pyridine rings is 1. The molecule has 2 heterocycles. The third kappa shape index (κ3) is 3.58. The van der Waals surface area contributed by atoms with E-state index in [1.165, 1.54) is 0 Å². The molecule has 0 saturated carbocycles. The number of allylic oxidation sites excluding steroid dienone is 1. The Kier molecular flexibility index (Phi) is 5.02. The van der Waals surface area contributed by atoms with Crippen molar-refractivity contribution in [3.63, 3.8) is 0 Å². The van der Waals surface area contributed by atoms with Crippen molar-refractivity contribution in [3.8, 4) is 5.88 Å². The van der Waals surface area contributed by atoms with E-state index in [-0.39, 0.29) is 11.4 Å². The van der Waals surface area contributed by atoms with E-state index in [1.54, 1.807) is 15.2 Å². The van der Waals surface area contributed by atoms with Gasteiger partial charge in [0.25, 0.3) is 11.5 Å². The Bertz CT molecular complexity index is 1180. The Morgan fingerprint density at radius 1 is 0.893 bits per heavy atom. The summed E-state index contributed by atoms with van der Waals surface area (Å²) < 4.78 is 3.35. The van der Waals surface area contributed by atoms with Crippen LogP contribution in [0.2, 0.25) is 0 Å². The first-order valence-corrected chi connectivity index (χ1v) is 9.24. The molecule has 2 aromatic carbocycles. The predicted octanol–water partition coefficient (Wildman–Crippen LogP) is 3.60. The minimum Gasteiger partial charge on any atom is -0.477 e. The number of hydrogen-bond acceptors (Lipinski definition) is 2. The van der Waals surface area contributed by atoms with Gasteiger partial charge < -0.3 is 5.11 Å². The van der Waals surface area contributed by atoms with Gasteiger partial charge in [0.05, 0.1) is 6.20 Å². The fraction of sp³-hybridized carbons (Fsp3) is 0.0833. The molecule has 0 aliphatic rings. The largest absolute Gasteiger partial charge is 0.477 e. The zero-order valence-corrected chi connectivity index (χ0v) is 15.4. The Morgan fingerprint density at radius 2 is 1.57 bits per heavy atom. The average molecular weight is 369 g/mol. The van der Waals surface area contributed by atoms with E-state index in [9.17, 15) is 9.90 Å². The Labute approximate surface area is 163 Å². The van der Waals surface area contributed by atoms with Gasteiger partial charge in [-0.1, -0.05) is 72.8 Å². The second-order valence-corrected chi connectivity index (χ2v) is 6.62. The highest BCUT2D eigenvalue weighted by molar-refractivity contribution is 5.48. The first kappa shape index (κ1) is 17.7. The summed E-state index contributed by atoms with van der Waals surface area (Å²) >= 11 is 0. The van der Waals surface area contributed by atoms with Gasteiger partial charge in [-0.25, -0.2) is 4.79 Å².